The highest BCUT2D eigenvalue weighted by Gasteiger charge is 2.44. The molecule has 3 nitrogen and oxygen atoms in total. The fourth-order valence-corrected chi connectivity index (χ4v) is 2.87. The molecule has 0 radical (unpaired) electrons. The molecule has 1 fully saturated rings. The first kappa shape index (κ1) is 12.7. The molecule has 0 amide bonds. The second-order valence-corrected chi connectivity index (χ2v) is 5.79. The standard InChI is InChI=1S/C14H16ClFN2O/c15-11-7-9(1-2-12(11)16)14(5-6-14)4-3-10-8-19-13(17)18-10/h1-2,7,10H,3-6,8H2,(H2,17,18)/t10-/m0/s1. The molecule has 2 N–H and O–H groups in total. The summed E-state index contributed by atoms with van der Waals surface area (Å²) in [6.45, 7) is 0.575. The maximum atomic E-state index is 13.2. The van der Waals surface area contributed by atoms with E-state index >= 15 is 0 Å². The van der Waals surface area contributed by atoms with E-state index < -0.39 is 0 Å². The Balaban J connectivity index is 1.68. The van der Waals surface area contributed by atoms with Crippen LogP contribution in [0.2, 0.25) is 5.02 Å². The van der Waals surface area contributed by atoms with Gasteiger partial charge in [-0.05, 0) is 48.8 Å². The molecule has 3 rings (SSSR count). The lowest BCUT2D eigenvalue weighted by molar-refractivity contribution is 0.302. The van der Waals surface area contributed by atoms with E-state index in [0.717, 1.165) is 31.2 Å². The second-order valence-electron chi connectivity index (χ2n) is 5.38. The molecule has 0 aromatic heterocycles. The molecule has 2 aliphatic rings. The van der Waals surface area contributed by atoms with Crippen LogP contribution in [0.3, 0.4) is 0 Å². The lowest BCUT2D eigenvalue weighted by Gasteiger charge is -2.17. The fourth-order valence-electron chi connectivity index (χ4n) is 2.69. The Morgan fingerprint density at radius 2 is 2.26 bits per heavy atom. The summed E-state index contributed by atoms with van der Waals surface area (Å²) in [5, 5.41) is 0.204. The number of hydrogen-bond donors (Lipinski definition) is 1. The average molecular weight is 283 g/mol. The zero-order valence-corrected chi connectivity index (χ0v) is 11.3. The molecule has 5 heteroatoms. The van der Waals surface area contributed by atoms with Crippen LogP contribution in [0.4, 0.5) is 4.39 Å². The Labute approximate surface area is 116 Å². The molecular formula is C14H16ClFN2O. The molecule has 0 saturated heterocycles. The summed E-state index contributed by atoms with van der Waals surface area (Å²) < 4.78 is 18.4. The smallest absolute Gasteiger partial charge is 0.282 e. The predicted molar refractivity (Wildman–Crippen MR) is 72.9 cm³/mol. The predicted octanol–water partition coefficient (Wildman–Crippen LogP) is 3.00. The van der Waals surface area contributed by atoms with Crippen molar-refractivity contribution in [2.75, 3.05) is 6.61 Å². The lowest BCUT2D eigenvalue weighted by Crippen LogP contribution is -2.13. The van der Waals surface area contributed by atoms with Gasteiger partial charge in [0.15, 0.2) is 0 Å². The molecule has 1 aliphatic heterocycles. The van der Waals surface area contributed by atoms with Crippen LogP contribution in [0.1, 0.15) is 31.2 Å². The van der Waals surface area contributed by atoms with E-state index in [2.05, 4.69) is 4.99 Å². The Hall–Kier alpha value is -1.29. The van der Waals surface area contributed by atoms with Crippen LogP contribution in [0, 0.1) is 5.82 Å². The van der Waals surface area contributed by atoms with E-state index in [-0.39, 0.29) is 22.3 Å². The minimum Gasteiger partial charge on any atom is -0.463 e. The van der Waals surface area contributed by atoms with E-state index in [4.69, 9.17) is 22.1 Å². The zero-order valence-electron chi connectivity index (χ0n) is 10.5. The molecule has 0 bridgehead atoms. The lowest BCUT2D eigenvalue weighted by atomic mass is 9.89. The Morgan fingerprint density at radius 1 is 1.47 bits per heavy atom. The van der Waals surface area contributed by atoms with Gasteiger partial charge in [0.05, 0.1) is 11.1 Å². The van der Waals surface area contributed by atoms with Gasteiger partial charge < -0.3 is 10.5 Å². The van der Waals surface area contributed by atoms with E-state index in [1.165, 1.54) is 6.07 Å². The number of nitrogens with zero attached hydrogens (tertiary/aromatic N) is 1. The van der Waals surface area contributed by atoms with Crippen molar-refractivity contribution >= 4 is 17.6 Å². The molecule has 102 valence electrons. The van der Waals surface area contributed by atoms with Crippen molar-refractivity contribution in [1.82, 2.24) is 0 Å². The molecule has 1 heterocycles. The van der Waals surface area contributed by atoms with Gasteiger partial charge in [0.2, 0.25) is 0 Å². The van der Waals surface area contributed by atoms with Crippen LogP contribution in [0.15, 0.2) is 23.2 Å². The number of aliphatic imine (C=N–C) groups is 1. The molecule has 1 atom stereocenters. The maximum Gasteiger partial charge on any atom is 0.282 e. The van der Waals surface area contributed by atoms with E-state index in [1.54, 1.807) is 6.07 Å². The van der Waals surface area contributed by atoms with Crippen molar-refractivity contribution in [3.8, 4) is 0 Å². The summed E-state index contributed by atoms with van der Waals surface area (Å²) in [6.07, 6.45) is 4.21. The first-order chi connectivity index (χ1) is 9.09. The molecule has 1 aromatic carbocycles. The van der Waals surface area contributed by atoms with Crippen molar-refractivity contribution in [2.45, 2.75) is 37.1 Å². The first-order valence-corrected chi connectivity index (χ1v) is 6.88. The molecule has 0 unspecified atom stereocenters. The number of rotatable bonds is 4. The van der Waals surface area contributed by atoms with Gasteiger partial charge in [-0.3, -0.25) is 0 Å². The van der Waals surface area contributed by atoms with Gasteiger partial charge in [0, 0.05) is 0 Å². The summed E-state index contributed by atoms with van der Waals surface area (Å²) in [5.41, 5.74) is 6.79. The van der Waals surface area contributed by atoms with Crippen LogP contribution < -0.4 is 5.73 Å². The van der Waals surface area contributed by atoms with Crippen molar-refractivity contribution in [3.63, 3.8) is 0 Å². The molecule has 1 aliphatic carbocycles. The van der Waals surface area contributed by atoms with Gasteiger partial charge in [-0.1, -0.05) is 17.7 Å². The molecule has 1 saturated carbocycles. The van der Waals surface area contributed by atoms with Crippen molar-refractivity contribution in [1.29, 1.82) is 0 Å². The third-order valence-electron chi connectivity index (χ3n) is 4.08. The largest absolute Gasteiger partial charge is 0.463 e. The van der Waals surface area contributed by atoms with Crippen LogP contribution in [0.5, 0.6) is 0 Å². The van der Waals surface area contributed by atoms with E-state index in [0.29, 0.717) is 12.6 Å². The second kappa shape index (κ2) is 4.67. The highest BCUT2D eigenvalue weighted by Crippen LogP contribution is 2.52. The Bertz CT molecular complexity index is 528. The highest BCUT2D eigenvalue weighted by atomic mass is 35.5. The normalized spacial score (nSPS) is 23.9. The van der Waals surface area contributed by atoms with Gasteiger partial charge in [-0.15, -0.1) is 0 Å². The summed E-state index contributed by atoms with van der Waals surface area (Å²) in [7, 11) is 0. The molecular weight excluding hydrogens is 267 g/mol. The molecule has 0 spiro atoms. The summed E-state index contributed by atoms with van der Waals surface area (Å²) >= 11 is 5.86. The number of nitrogens with two attached hydrogens (primary N) is 1. The van der Waals surface area contributed by atoms with Gasteiger partial charge in [0.25, 0.3) is 6.02 Å². The van der Waals surface area contributed by atoms with Crippen LogP contribution in [-0.4, -0.2) is 18.7 Å². The van der Waals surface area contributed by atoms with Gasteiger partial charge in [0.1, 0.15) is 12.4 Å². The molecule has 1 aromatic rings. The number of amidine groups is 1. The van der Waals surface area contributed by atoms with Crippen LogP contribution in [-0.2, 0) is 10.2 Å². The van der Waals surface area contributed by atoms with Crippen LogP contribution in [0.25, 0.3) is 0 Å². The Morgan fingerprint density at radius 3 is 2.84 bits per heavy atom. The topological polar surface area (TPSA) is 47.6 Å². The highest BCUT2D eigenvalue weighted by molar-refractivity contribution is 6.30. The Kier molecular flexibility index (Phi) is 3.13. The summed E-state index contributed by atoms with van der Waals surface area (Å²) in [4.78, 5) is 4.23. The minimum absolute atomic E-state index is 0.157. The minimum atomic E-state index is -0.359. The third kappa shape index (κ3) is 2.54. The van der Waals surface area contributed by atoms with E-state index in [9.17, 15) is 4.39 Å². The van der Waals surface area contributed by atoms with Crippen molar-refractivity contribution in [3.05, 3.63) is 34.6 Å². The number of benzene rings is 1. The zero-order chi connectivity index (χ0) is 13.5. The number of ether oxygens (including phenoxy) is 1. The quantitative estimate of drug-likeness (QED) is 0.923. The van der Waals surface area contributed by atoms with E-state index in [1.807, 2.05) is 6.07 Å². The summed E-state index contributed by atoms with van der Waals surface area (Å²) in [5.74, 6) is -0.359. The average Bonchev–Trinajstić information content (AvgIpc) is 3.07. The van der Waals surface area contributed by atoms with Gasteiger partial charge >= 0.3 is 0 Å². The van der Waals surface area contributed by atoms with Crippen molar-refractivity contribution in [2.24, 2.45) is 10.7 Å². The fraction of sp³-hybridized carbons (Fsp3) is 0.500. The third-order valence-corrected chi connectivity index (χ3v) is 4.36. The van der Waals surface area contributed by atoms with Crippen molar-refractivity contribution < 1.29 is 9.13 Å². The maximum absolute atomic E-state index is 13.2. The SMILES string of the molecule is NC1=N[C@@H](CCC2(c3ccc(F)c(Cl)c3)CC2)CO1. The van der Waals surface area contributed by atoms with Gasteiger partial charge in [-0.25, -0.2) is 9.38 Å². The number of hydrogen-bond acceptors (Lipinski definition) is 3. The monoisotopic (exact) mass is 282 g/mol. The number of halogens is 2. The summed E-state index contributed by atoms with van der Waals surface area (Å²) in [6, 6.07) is 5.50. The first-order valence-electron chi connectivity index (χ1n) is 6.51. The van der Waals surface area contributed by atoms with Gasteiger partial charge in [-0.2, -0.15) is 0 Å². The molecule has 19 heavy (non-hydrogen) atoms. The van der Waals surface area contributed by atoms with Crippen LogP contribution >= 0.6 is 11.6 Å².